The number of rotatable bonds is 5. The Kier molecular flexibility index (Phi) is 5.59. The van der Waals surface area contributed by atoms with Gasteiger partial charge in [0.1, 0.15) is 0 Å². The third-order valence-electron chi connectivity index (χ3n) is 5.21. The van der Waals surface area contributed by atoms with E-state index in [1.54, 1.807) is 16.5 Å². The van der Waals surface area contributed by atoms with Crippen molar-refractivity contribution in [2.75, 3.05) is 11.9 Å². The van der Waals surface area contributed by atoms with Gasteiger partial charge in [-0.2, -0.15) is 0 Å². The highest BCUT2D eigenvalue weighted by atomic mass is 32.2. The van der Waals surface area contributed by atoms with Crippen LogP contribution in [0.15, 0.2) is 76.7 Å². The third-order valence-corrected chi connectivity index (χ3v) is 6.28. The minimum atomic E-state index is -0.391. The average Bonchev–Trinajstić information content (AvgIpc) is 2.78. The smallest absolute Gasteiger partial charge is 0.262 e. The van der Waals surface area contributed by atoms with Gasteiger partial charge in [0.2, 0.25) is 5.91 Å². The maximum atomic E-state index is 13.1. The standard InChI is InChI=1S/C24H23N3O2S/c1-4-27-23(29)20-14-17-10-8-9-11-18(17)15-21(20)25-24(27)30-16(2)22(28)26(3)19-12-6-5-7-13-19/h5-16H,4H2,1-3H3. The fraction of sp³-hybridized carbons (Fsp3) is 0.208. The molecule has 1 unspecified atom stereocenters. The molecule has 0 saturated carbocycles. The summed E-state index contributed by atoms with van der Waals surface area (Å²) in [6, 6.07) is 21.3. The van der Waals surface area contributed by atoms with E-state index in [9.17, 15) is 9.59 Å². The molecule has 1 amide bonds. The van der Waals surface area contributed by atoms with Crippen molar-refractivity contribution in [1.29, 1.82) is 0 Å². The summed E-state index contributed by atoms with van der Waals surface area (Å²) in [4.78, 5) is 32.5. The van der Waals surface area contributed by atoms with E-state index in [0.29, 0.717) is 22.6 Å². The van der Waals surface area contributed by atoms with Crippen LogP contribution >= 0.6 is 11.8 Å². The second kappa shape index (κ2) is 8.32. The summed E-state index contributed by atoms with van der Waals surface area (Å²) in [5, 5.41) is 2.82. The van der Waals surface area contributed by atoms with Crippen molar-refractivity contribution in [3.63, 3.8) is 0 Å². The summed E-state index contributed by atoms with van der Waals surface area (Å²) in [7, 11) is 1.77. The molecule has 6 heteroatoms. The highest BCUT2D eigenvalue weighted by Crippen LogP contribution is 2.27. The lowest BCUT2D eigenvalue weighted by molar-refractivity contribution is -0.117. The fourth-order valence-electron chi connectivity index (χ4n) is 3.52. The van der Waals surface area contributed by atoms with Gasteiger partial charge in [-0.15, -0.1) is 0 Å². The van der Waals surface area contributed by atoms with Gasteiger partial charge in [0.15, 0.2) is 5.16 Å². The Morgan fingerprint density at radius 3 is 2.37 bits per heavy atom. The van der Waals surface area contributed by atoms with Crippen molar-refractivity contribution >= 4 is 45.0 Å². The van der Waals surface area contributed by atoms with Gasteiger partial charge in [0, 0.05) is 19.3 Å². The van der Waals surface area contributed by atoms with Gasteiger partial charge >= 0.3 is 0 Å². The zero-order chi connectivity index (χ0) is 21.3. The molecule has 1 atom stereocenters. The molecule has 0 radical (unpaired) electrons. The van der Waals surface area contributed by atoms with E-state index in [1.165, 1.54) is 11.8 Å². The number of para-hydroxylation sites is 1. The highest BCUT2D eigenvalue weighted by Gasteiger charge is 2.22. The fourth-order valence-corrected chi connectivity index (χ4v) is 4.58. The van der Waals surface area contributed by atoms with Crippen LogP contribution < -0.4 is 10.5 Å². The number of benzene rings is 3. The monoisotopic (exact) mass is 417 g/mol. The highest BCUT2D eigenvalue weighted by molar-refractivity contribution is 8.00. The number of hydrogen-bond donors (Lipinski definition) is 0. The molecular formula is C24H23N3O2S. The summed E-state index contributed by atoms with van der Waals surface area (Å²) >= 11 is 1.32. The number of carbonyl (C=O) groups excluding carboxylic acids is 1. The molecule has 30 heavy (non-hydrogen) atoms. The minimum Gasteiger partial charge on any atom is -0.315 e. The SMILES string of the molecule is CCn1c(SC(C)C(=O)N(C)c2ccccc2)nc2cc3ccccc3cc2c1=O. The van der Waals surface area contributed by atoms with Gasteiger partial charge in [-0.25, -0.2) is 4.98 Å². The molecule has 0 aliphatic heterocycles. The zero-order valence-corrected chi connectivity index (χ0v) is 18.0. The molecule has 0 fully saturated rings. The van der Waals surface area contributed by atoms with Crippen LogP contribution in [0.4, 0.5) is 5.69 Å². The van der Waals surface area contributed by atoms with E-state index in [2.05, 4.69) is 0 Å². The zero-order valence-electron chi connectivity index (χ0n) is 17.2. The third kappa shape index (κ3) is 3.71. The lowest BCUT2D eigenvalue weighted by Gasteiger charge is -2.22. The number of fused-ring (bicyclic) bond motifs is 2. The number of carbonyl (C=O) groups is 1. The number of anilines is 1. The molecular weight excluding hydrogens is 394 g/mol. The lowest BCUT2D eigenvalue weighted by atomic mass is 10.1. The molecule has 0 aliphatic carbocycles. The first-order valence-electron chi connectivity index (χ1n) is 9.92. The topological polar surface area (TPSA) is 55.2 Å². The summed E-state index contributed by atoms with van der Waals surface area (Å²) in [5.74, 6) is -0.0401. The van der Waals surface area contributed by atoms with Crippen molar-refractivity contribution in [1.82, 2.24) is 9.55 Å². The molecule has 5 nitrogen and oxygen atoms in total. The molecule has 4 aromatic rings. The van der Waals surface area contributed by atoms with Crippen molar-refractivity contribution in [2.24, 2.45) is 0 Å². The van der Waals surface area contributed by atoms with Crippen LogP contribution in [0.5, 0.6) is 0 Å². The largest absolute Gasteiger partial charge is 0.315 e. The number of amides is 1. The normalized spacial score (nSPS) is 12.2. The van der Waals surface area contributed by atoms with Gasteiger partial charge in [-0.3, -0.25) is 14.2 Å². The van der Waals surface area contributed by atoms with Gasteiger partial charge < -0.3 is 4.90 Å². The number of aromatic nitrogens is 2. The van der Waals surface area contributed by atoms with E-state index < -0.39 is 5.25 Å². The molecule has 1 heterocycles. The van der Waals surface area contributed by atoms with Crippen LogP contribution in [0.2, 0.25) is 0 Å². The first kappa shape index (κ1) is 20.2. The summed E-state index contributed by atoms with van der Waals surface area (Å²) < 4.78 is 1.65. The number of nitrogens with zero attached hydrogens (tertiary/aromatic N) is 3. The molecule has 0 saturated heterocycles. The minimum absolute atomic E-state index is 0.0401. The van der Waals surface area contributed by atoms with Crippen molar-refractivity contribution in [3.8, 4) is 0 Å². The second-order valence-corrected chi connectivity index (χ2v) is 8.46. The first-order valence-corrected chi connectivity index (χ1v) is 10.8. The predicted octanol–water partition coefficient (Wildman–Crippen LogP) is 4.71. The lowest BCUT2D eigenvalue weighted by Crippen LogP contribution is -2.34. The molecule has 4 rings (SSSR count). The molecule has 0 aliphatic rings. The summed E-state index contributed by atoms with van der Waals surface area (Å²) in [5.41, 5.74) is 1.41. The van der Waals surface area contributed by atoms with Gasteiger partial charge in [-0.1, -0.05) is 54.2 Å². The van der Waals surface area contributed by atoms with Crippen molar-refractivity contribution in [3.05, 3.63) is 77.1 Å². The first-order chi connectivity index (χ1) is 14.5. The van der Waals surface area contributed by atoms with E-state index >= 15 is 0 Å². The van der Waals surface area contributed by atoms with Crippen LogP contribution in [0, 0.1) is 0 Å². The molecule has 152 valence electrons. The molecule has 3 aromatic carbocycles. The van der Waals surface area contributed by atoms with Crippen LogP contribution in [0.1, 0.15) is 13.8 Å². The van der Waals surface area contributed by atoms with Gasteiger partial charge in [0.25, 0.3) is 5.56 Å². The van der Waals surface area contributed by atoms with Crippen molar-refractivity contribution in [2.45, 2.75) is 30.8 Å². The Balaban J connectivity index is 1.71. The average molecular weight is 418 g/mol. The molecule has 0 N–H and O–H groups in total. The van der Waals surface area contributed by atoms with E-state index in [0.717, 1.165) is 16.5 Å². The summed E-state index contributed by atoms with van der Waals surface area (Å²) in [6.07, 6.45) is 0. The van der Waals surface area contributed by atoms with E-state index in [4.69, 9.17) is 4.98 Å². The van der Waals surface area contributed by atoms with E-state index in [-0.39, 0.29) is 11.5 Å². The summed E-state index contributed by atoms with van der Waals surface area (Å²) in [6.45, 7) is 4.26. The Hall–Kier alpha value is -3.12. The quantitative estimate of drug-likeness (QED) is 0.268. The Bertz CT molecular complexity index is 1280. The molecule has 0 bridgehead atoms. The second-order valence-electron chi connectivity index (χ2n) is 7.15. The maximum Gasteiger partial charge on any atom is 0.262 e. The maximum absolute atomic E-state index is 13.1. The van der Waals surface area contributed by atoms with Crippen LogP contribution in [-0.2, 0) is 11.3 Å². The van der Waals surface area contributed by atoms with Crippen LogP contribution in [-0.4, -0.2) is 27.8 Å². The van der Waals surface area contributed by atoms with Crippen molar-refractivity contribution < 1.29 is 4.79 Å². The Labute approximate surface area is 179 Å². The Morgan fingerprint density at radius 2 is 1.70 bits per heavy atom. The number of hydrogen-bond acceptors (Lipinski definition) is 4. The van der Waals surface area contributed by atoms with Crippen LogP contribution in [0.25, 0.3) is 21.7 Å². The molecule has 0 spiro atoms. The Morgan fingerprint density at radius 1 is 1.07 bits per heavy atom. The van der Waals surface area contributed by atoms with E-state index in [1.807, 2.05) is 80.6 Å². The van der Waals surface area contributed by atoms with Gasteiger partial charge in [0.05, 0.1) is 16.2 Å². The number of thioether (sulfide) groups is 1. The van der Waals surface area contributed by atoms with Gasteiger partial charge in [-0.05, 0) is 48.9 Å². The molecule has 1 aromatic heterocycles. The predicted molar refractivity (Wildman–Crippen MR) is 124 cm³/mol. The van der Waals surface area contributed by atoms with Crippen LogP contribution in [0.3, 0.4) is 0 Å².